The van der Waals surface area contributed by atoms with Crippen LogP contribution in [0.15, 0.2) is 77.4 Å². The molecule has 0 aliphatic carbocycles. The highest BCUT2D eigenvalue weighted by Gasteiger charge is 2.48. The Labute approximate surface area is 217 Å². The largest absolute Gasteiger partial charge is 0.488 e. The summed E-state index contributed by atoms with van der Waals surface area (Å²) >= 11 is 3.62. The Balaban J connectivity index is 1.52. The van der Waals surface area contributed by atoms with E-state index in [9.17, 15) is 9.59 Å². The van der Waals surface area contributed by atoms with Crippen molar-refractivity contribution in [1.82, 2.24) is 4.98 Å². The van der Waals surface area contributed by atoms with Crippen molar-refractivity contribution in [3.05, 3.63) is 99.7 Å². The van der Waals surface area contributed by atoms with E-state index in [0.717, 1.165) is 32.1 Å². The number of para-hydroxylation sites is 1. The molecule has 1 N–H and O–H groups in total. The van der Waals surface area contributed by atoms with E-state index in [2.05, 4.69) is 20.9 Å². The summed E-state index contributed by atoms with van der Waals surface area (Å²) in [5.74, 6) is -3.64. The Morgan fingerprint density at radius 3 is 2.39 bits per heavy atom. The first-order valence-corrected chi connectivity index (χ1v) is 12.5. The molecule has 1 aromatic heterocycles. The Morgan fingerprint density at radius 1 is 1.00 bits per heavy atom. The van der Waals surface area contributed by atoms with Gasteiger partial charge in [-0.1, -0.05) is 54.1 Å². The van der Waals surface area contributed by atoms with Crippen LogP contribution in [-0.4, -0.2) is 22.7 Å². The molecule has 0 saturated carbocycles. The minimum absolute atomic E-state index is 0.417. The lowest BCUT2D eigenvalue weighted by atomic mass is 9.80. The summed E-state index contributed by atoms with van der Waals surface area (Å²) < 4.78 is 17.7. The van der Waals surface area contributed by atoms with Crippen LogP contribution in [-0.2, 0) is 25.7 Å². The fraction of sp³-hybridized carbons (Fsp3) is 0.241. The third-order valence-corrected chi connectivity index (χ3v) is 6.94. The number of H-pyrrole nitrogens is 1. The maximum Gasteiger partial charge on any atom is 0.324 e. The maximum atomic E-state index is 13.1. The number of cyclic esters (lactones) is 2. The zero-order valence-electron chi connectivity index (χ0n) is 20.2. The standard InChI is InChI=1S/C29H26BrNO5/c1-17-8-10-18(11-9-17)16-34-24-13-12-19(14-22(24)30)25(21-15-31-23-7-5-4-6-20(21)23)26-27(32)35-29(2,3)36-28(26)33/h4-15,25-26,31H,16H2,1-3H3/t25-/m0/s1. The average Bonchev–Trinajstić information content (AvgIpc) is 3.25. The van der Waals surface area contributed by atoms with Crippen LogP contribution >= 0.6 is 15.9 Å². The highest BCUT2D eigenvalue weighted by atomic mass is 79.9. The number of ether oxygens (including phenoxy) is 3. The molecule has 0 radical (unpaired) electrons. The Bertz CT molecular complexity index is 1420. The fourth-order valence-electron chi connectivity index (χ4n) is 4.58. The van der Waals surface area contributed by atoms with Crippen LogP contribution in [0.25, 0.3) is 10.9 Å². The van der Waals surface area contributed by atoms with Crippen LogP contribution in [0.1, 0.15) is 42.0 Å². The van der Waals surface area contributed by atoms with Gasteiger partial charge < -0.3 is 19.2 Å². The molecule has 3 aromatic carbocycles. The zero-order chi connectivity index (χ0) is 25.4. The number of aromatic nitrogens is 1. The van der Waals surface area contributed by atoms with Gasteiger partial charge in [-0.2, -0.15) is 0 Å². The van der Waals surface area contributed by atoms with E-state index >= 15 is 0 Å². The second-order valence-corrected chi connectivity index (χ2v) is 10.3. The van der Waals surface area contributed by atoms with Crippen LogP contribution in [0.2, 0.25) is 0 Å². The van der Waals surface area contributed by atoms with E-state index in [1.807, 2.05) is 79.9 Å². The minimum Gasteiger partial charge on any atom is -0.488 e. The molecule has 0 amide bonds. The van der Waals surface area contributed by atoms with Gasteiger partial charge in [0.15, 0.2) is 5.92 Å². The van der Waals surface area contributed by atoms with Gasteiger partial charge >= 0.3 is 11.9 Å². The van der Waals surface area contributed by atoms with Gasteiger partial charge in [0.25, 0.3) is 5.79 Å². The molecule has 6 nitrogen and oxygen atoms in total. The number of carbonyl (C=O) groups is 2. The number of carbonyl (C=O) groups excluding carboxylic acids is 2. The van der Waals surface area contributed by atoms with Crippen LogP contribution in [0.4, 0.5) is 0 Å². The van der Waals surface area contributed by atoms with E-state index in [1.165, 1.54) is 5.56 Å². The van der Waals surface area contributed by atoms with Crippen molar-refractivity contribution in [3.63, 3.8) is 0 Å². The molecule has 0 spiro atoms. The van der Waals surface area contributed by atoms with Crippen molar-refractivity contribution < 1.29 is 23.8 Å². The van der Waals surface area contributed by atoms with Gasteiger partial charge in [-0.25, -0.2) is 0 Å². The third-order valence-electron chi connectivity index (χ3n) is 6.32. The molecular weight excluding hydrogens is 522 g/mol. The van der Waals surface area contributed by atoms with Crippen molar-refractivity contribution in [2.75, 3.05) is 0 Å². The zero-order valence-corrected chi connectivity index (χ0v) is 21.8. The van der Waals surface area contributed by atoms with Crippen molar-refractivity contribution in [2.45, 2.75) is 39.1 Å². The predicted octanol–water partition coefficient (Wildman–Crippen LogP) is 6.40. The molecule has 0 unspecified atom stereocenters. The smallest absolute Gasteiger partial charge is 0.324 e. The lowest BCUT2D eigenvalue weighted by molar-refractivity contribution is -0.240. The minimum atomic E-state index is -1.30. The van der Waals surface area contributed by atoms with Gasteiger partial charge in [0.1, 0.15) is 12.4 Å². The van der Waals surface area contributed by atoms with Crippen LogP contribution in [0.3, 0.4) is 0 Å². The second-order valence-electron chi connectivity index (χ2n) is 9.45. The summed E-state index contributed by atoms with van der Waals surface area (Å²) in [6.07, 6.45) is 1.84. The van der Waals surface area contributed by atoms with E-state index < -0.39 is 29.6 Å². The lowest BCUT2D eigenvalue weighted by Crippen LogP contribution is -2.48. The number of aromatic amines is 1. The molecule has 36 heavy (non-hydrogen) atoms. The predicted molar refractivity (Wildman–Crippen MR) is 140 cm³/mol. The number of fused-ring (bicyclic) bond motifs is 1. The van der Waals surface area contributed by atoms with E-state index in [-0.39, 0.29) is 0 Å². The van der Waals surface area contributed by atoms with Gasteiger partial charge in [0.2, 0.25) is 0 Å². The Hall–Kier alpha value is -3.58. The summed E-state index contributed by atoms with van der Waals surface area (Å²) in [5, 5.41) is 0.920. The first kappa shape index (κ1) is 24.1. The SMILES string of the molecule is Cc1ccc(COc2ccc([C@@H](c3c[nH]c4ccccc34)C3C(=O)OC(C)(C)OC3=O)cc2Br)cc1. The third kappa shape index (κ3) is 4.75. The lowest BCUT2D eigenvalue weighted by Gasteiger charge is -2.36. The number of hydrogen-bond acceptors (Lipinski definition) is 5. The summed E-state index contributed by atoms with van der Waals surface area (Å²) in [5.41, 5.74) is 4.73. The van der Waals surface area contributed by atoms with Gasteiger partial charge in [0.05, 0.1) is 4.47 Å². The molecule has 4 aromatic rings. The van der Waals surface area contributed by atoms with Gasteiger partial charge in [-0.15, -0.1) is 0 Å². The average molecular weight is 548 g/mol. The van der Waals surface area contributed by atoms with Crippen molar-refractivity contribution in [2.24, 2.45) is 5.92 Å². The first-order valence-electron chi connectivity index (χ1n) is 11.7. The van der Waals surface area contributed by atoms with Crippen molar-refractivity contribution in [3.8, 4) is 5.75 Å². The number of benzene rings is 3. The molecule has 1 atom stereocenters. The normalized spacial score (nSPS) is 16.4. The number of aryl methyl sites for hydroxylation is 1. The molecular formula is C29H26BrNO5. The Morgan fingerprint density at radius 2 is 1.69 bits per heavy atom. The number of halogens is 1. The number of hydrogen-bond donors (Lipinski definition) is 1. The molecule has 7 heteroatoms. The molecule has 2 heterocycles. The van der Waals surface area contributed by atoms with Gasteiger partial charge in [-0.3, -0.25) is 9.59 Å². The number of esters is 2. The molecule has 1 saturated heterocycles. The second kappa shape index (κ2) is 9.47. The van der Waals surface area contributed by atoms with E-state index in [4.69, 9.17) is 14.2 Å². The Kier molecular flexibility index (Phi) is 6.35. The summed E-state index contributed by atoms with van der Waals surface area (Å²) in [7, 11) is 0. The summed E-state index contributed by atoms with van der Waals surface area (Å²) in [4.78, 5) is 29.5. The molecule has 184 valence electrons. The molecule has 5 rings (SSSR count). The molecule has 1 fully saturated rings. The van der Waals surface area contributed by atoms with Crippen molar-refractivity contribution >= 4 is 38.8 Å². The quantitative estimate of drug-likeness (QED) is 0.223. The molecule has 0 bridgehead atoms. The van der Waals surface area contributed by atoms with Crippen LogP contribution in [0, 0.1) is 12.8 Å². The molecule has 1 aliphatic rings. The van der Waals surface area contributed by atoms with Crippen molar-refractivity contribution in [1.29, 1.82) is 0 Å². The summed E-state index contributed by atoms with van der Waals surface area (Å²) in [6, 6.07) is 21.5. The highest BCUT2D eigenvalue weighted by molar-refractivity contribution is 9.10. The fourth-order valence-corrected chi connectivity index (χ4v) is 5.09. The van der Waals surface area contributed by atoms with Gasteiger partial charge in [0, 0.05) is 36.9 Å². The van der Waals surface area contributed by atoms with Crippen LogP contribution < -0.4 is 4.74 Å². The number of nitrogens with one attached hydrogen (secondary N) is 1. The highest BCUT2D eigenvalue weighted by Crippen LogP contribution is 2.42. The number of rotatable bonds is 6. The summed E-state index contributed by atoms with van der Waals surface area (Å²) in [6.45, 7) is 5.57. The van der Waals surface area contributed by atoms with E-state index in [1.54, 1.807) is 13.8 Å². The monoisotopic (exact) mass is 547 g/mol. The van der Waals surface area contributed by atoms with Crippen LogP contribution in [0.5, 0.6) is 5.75 Å². The topological polar surface area (TPSA) is 77.6 Å². The van der Waals surface area contributed by atoms with Gasteiger partial charge in [-0.05, 0) is 57.7 Å². The first-order chi connectivity index (χ1) is 17.2. The van der Waals surface area contributed by atoms with E-state index in [0.29, 0.717) is 12.4 Å². The molecule has 1 aliphatic heterocycles. The maximum absolute atomic E-state index is 13.1.